The van der Waals surface area contributed by atoms with Crippen LogP contribution in [0.3, 0.4) is 0 Å². The normalized spacial score (nSPS) is 13.3. The first-order chi connectivity index (χ1) is 10.2. The van der Waals surface area contributed by atoms with Crippen LogP contribution in [0, 0.1) is 6.92 Å². The highest BCUT2D eigenvalue weighted by molar-refractivity contribution is 7.11. The van der Waals surface area contributed by atoms with Gasteiger partial charge < -0.3 is 5.32 Å². The Kier molecular flexibility index (Phi) is 3.88. The van der Waals surface area contributed by atoms with Crippen molar-refractivity contribution >= 4 is 23.1 Å². The Morgan fingerprint density at radius 3 is 2.95 bits per heavy atom. The topological polar surface area (TPSA) is 58.1 Å². The van der Waals surface area contributed by atoms with Gasteiger partial charge in [-0.1, -0.05) is 36.0 Å². The van der Waals surface area contributed by atoms with Crippen molar-refractivity contribution in [2.24, 2.45) is 0 Å². The minimum absolute atomic E-state index is 0.0640. The van der Waals surface area contributed by atoms with E-state index in [0.29, 0.717) is 6.54 Å². The second-order valence-corrected chi connectivity index (χ2v) is 6.28. The lowest BCUT2D eigenvalue weighted by atomic mass is 10.1. The van der Waals surface area contributed by atoms with Crippen LogP contribution in [0.25, 0.3) is 0 Å². The van der Waals surface area contributed by atoms with E-state index in [-0.39, 0.29) is 6.03 Å². The summed E-state index contributed by atoms with van der Waals surface area (Å²) >= 11 is 1.55. The molecule has 0 atom stereocenters. The number of benzene rings is 1. The largest absolute Gasteiger partial charge is 0.331 e. The summed E-state index contributed by atoms with van der Waals surface area (Å²) in [5, 5.41) is 12.9. The number of anilines is 1. The lowest BCUT2D eigenvalue weighted by Crippen LogP contribution is -2.38. The lowest BCUT2D eigenvalue weighted by molar-refractivity contribution is 0.246. The number of carbonyl (C=O) groups excluding carboxylic acids is 1. The Morgan fingerprint density at radius 2 is 2.19 bits per heavy atom. The Balaban J connectivity index is 1.65. The number of nitrogens with zero attached hydrogens (tertiary/aromatic N) is 3. The summed E-state index contributed by atoms with van der Waals surface area (Å²) in [6.07, 6.45) is 1.80. The molecule has 0 saturated heterocycles. The van der Waals surface area contributed by atoms with Gasteiger partial charge in [-0.25, -0.2) is 4.79 Å². The van der Waals surface area contributed by atoms with Crippen molar-refractivity contribution in [1.82, 2.24) is 15.5 Å². The Bertz CT molecular complexity index is 667. The number of aromatic nitrogens is 2. The van der Waals surface area contributed by atoms with Gasteiger partial charge in [0, 0.05) is 12.2 Å². The summed E-state index contributed by atoms with van der Waals surface area (Å²) in [6.45, 7) is 5.30. The Hall–Kier alpha value is -1.95. The molecule has 0 radical (unpaired) electrons. The maximum Gasteiger partial charge on any atom is 0.322 e. The van der Waals surface area contributed by atoms with Gasteiger partial charge in [-0.3, -0.25) is 4.90 Å². The zero-order chi connectivity index (χ0) is 14.8. The van der Waals surface area contributed by atoms with Crippen molar-refractivity contribution in [3.63, 3.8) is 0 Å². The van der Waals surface area contributed by atoms with E-state index in [1.807, 2.05) is 19.1 Å². The number of hydrogen-bond donors (Lipinski definition) is 1. The van der Waals surface area contributed by atoms with Gasteiger partial charge in [-0.15, -0.1) is 10.2 Å². The summed E-state index contributed by atoms with van der Waals surface area (Å²) in [5.74, 6) is 0. The molecule has 2 heterocycles. The Labute approximate surface area is 128 Å². The van der Waals surface area contributed by atoms with E-state index in [2.05, 4.69) is 28.5 Å². The molecule has 5 nitrogen and oxygen atoms in total. The minimum Gasteiger partial charge on any atom is -0.331 e. The van der Waals surface area contributed by atoms with Crippen LogP contribution in [0.15, 0.2) is 18.2 Å². The molecule has 1 aliphatic rings. The maximum absolute atomic E-state index is 12.3. The fourth-order valence-electron chi connectivity index (χ4n) is 2.49. The molecular weight excluding hydrogens is 284 g/mol. The Morgan fingerprint density at radius 1 is 1.38 bits per heavy atom. The van der Waals surface area contributed by atoms with Gasteiger partial charge in [0.2, 0.25) is 0 Å². The quantitative estimate of drug-likeness (QED) is 0.948. The summed E-state index contributed by atoms with van der Waals surface area (Å²) in [7, 11) is 0. The second kappa shape index (κ2) is 5.81. The lowest BCUT2D eigenvalue weighted by Gasteiger charge is -2.17. The predicted octanol–water partition coefficient (Wildman–Crippen LogP) is 2.68. The van der Waals surface area contributed by atoms with Crippen molar-refractivity contribution in [3.05, 3.63) is 39.3 Å². The highest BCUT2D eigenvalue weighted by atomic mass is 32.1. The van der Waals surface area contributed by atoms with Crippen LogP contribution in [0.2, 0.25) is 0 Å². The fourth-order valence-corrected chi connectivity index (χ4v) is 3.21. The summed E-state index contributed by atoms with van der Waals surface area (Å²) in [6, 6.07) is 6.16. The van der Waals surface area contributed by atoms with Crippen molar-refractivity contribution in [1.29, 1.82) is 0 Å². The van der Waals surface area contributed by atoms with E-state index in [1.54, 1.807) is 16.2 Å². The van der Waals surface area contributed by atoms with Crippen LogP contribution >= 0.6 is 11.3 Å². The first-order valence-corrected chi connectivity index (χ1v) is 7.95. The number of carbonyl (C=O) groups is 1. The molecule has 3 rings (SSSR count). The summed E-state index contributed by atoms with van der Waals surface area (Å²) < 4.78 is 0. The highest BCUT2D eigenvalue weighted by Crippen LogP contribution is 2.28. The van der Waals surface area contributed by atoms with Gasteiger partial charge >= 0.3 is 6.03 Å². The molecule has 2 amide bonds. The van der Waals surface area contributed by atoms with Crippen LogP contribution in [0.1, 0.15) is 28.1 Å². The smallest absolute Gasteiger partial charge is 0.322 e. The number of hydrogen-bond acceptors (Lipinski definition) is 4. The maximum atomic E-state index is 12.3. The van der Waals surface area contributed by atoms with Crippen molar-refractivity contribution in [2.45, 2.75) is 33.2 Å². The molecule has 1 aliphatic heterocycles. The van der Waals surface area contributed by atoms with Crippen LogP contribution in [-0.2, 0) is 19.4 Å². The number of urea groups is 1. The summed E-state index contributed by atoms with van der Waals surface area (Å²) in [5.41, 5.74) is 3.50. The predicted molar refractivity (Wildman–Crippen MR) is 83.8 cm³/mol. The van der Waals surface area contributed by atoms with Crippen LogP contribution in [0.5, 0.6) is 0 Å². The average molecular weight is 302 g/mol. The molecule has 0 saturated carbocycles. The van der Waals surface area contributed by atoms with E-state index in [1.165, 1.54) is 11.1 Å². The minimum atomic E-state index is -0.0640. The van der Waals surface area contributed by atoms with E-state index >= 15 is 0 Å². The summed E-state index contributed by atoms with van der Waals surface area (Å²) in [4.78, 5) is 14.1. The highest BCUT2D eigenvalue weighted by Gasteiger charge is 2.24. The molecule has 0 bridgehead atoms. The third-order valence-corrected chi connectivity index (χ3v) is 4.65. The number of rotatable bonds is 3. The molecule has 2 aromatic rings. The molecule has 0 spiro atoms. The van der Waals surface area contributed by atoms with Crippen LogP contribution < -0.4 is 10.2 Å². The van der Waals surface area contributed by atoms with Gasteiger partial charge in [0.15, 0.2) is 0 Å². The number of amides is 2. The average Bonchev–Trinajstić information content (AvgIpc) is 3.10. The first-order valence-electron chi connectivity index (χ1n) is 7.13. The number of aryl methyl sites for hydroxylation is 2. The number of nitrogens with one attached hydrogen (secondary N) is 1. The zero-order valence-electron chi connectivity index (χ0n) is 12.2. The van der Waals surface area contributed by atoms with Crippen LogP contribution in [0.4, 0.5) is 10.5 Å². The monoisotopic (exact) mass is 302 g/mol. The molecule has 0 unspecified atom stereocenters. The molecule has 0 fully saturated rings. The molecule has 1 N–H and O–H groups in total. The molecule has 110 valence electrons. The third kappa shape index (κ3) is 2.90. The van der Waals surface area contributed by atoms with Gasteiger partial charge in [0.25, 0.3) is 0 Å². The van der Waals surface area contributed by atoms with E-state index in [4.69, 9.17) is 0 Å². The molecular formula is C15H18N4OS. The van der Waals surface area contributed by atoms with Crippen molar-refractivity contribution < 1.29 is 4.79 Å². The van der Waals surface area contributed by atoms with Crippen molar-refractivity contribution in [3.8, 4) is 0 Å². The van der Waals surface area contributed by atoms with Crippen LogP contribution in [-0.4, -0.2) is 22.8 Å². The second-order valence-electron chi connectivity index (χ2n) is 5.14. The molecule has 0 aliphatic carbocycles. The van der Waals surface area contributed by atoms with Gasteiger partial charge in [-0.2, -0.15) is 0 Å². The van der Waals surface area contributed by atoms with Gasteiger partial charge in [0.1, 0.15) is 10.0 Å². The first kappa shape index (κ1) is 14.0. The van der Waals surface area contributed by atoms with Crippen molar-refractivity contribution in [2.75, 3.05) is 11.4 Å². The van der Waals surface area contributed by atoms with Gasteiger partial charge in [0.05, 0.1) is 6.54 Å². The van der Waals surface area contributed by atoms with E-state index in [9.17, 15) is 4.79 Å². The molecule has 1 aromatic heterocycles. The third-order valence-electron chi connectivity index (χ3n) is 3.58. The molecule has 21 heavy (non-hydrogen) atoms. The van der Waals surface area contributed by atoms with Gasteiger partial charge in [-0.05, 0) is 31.4 Å². The SMILES string of the molecule is CCc1nnc(CNC(=O)N2CCc3cc(C)ccc32)s1. The fraction of sp³-hybridized carbons (Fsp3) is 0.400. The van der Waals surface area contributed by atoms with E-state index in [0.717, 1.165) is 35.1 Å². The molecule has 6 heteroatoms. The van der Waals surface area contributed by atoms with E-state index < -0.39 is 0 Å². The molecule has 1 aromatic carbocycles. The standard InChI is InChI=1S/C15H18N4OS/c1-3-13-17-18-14(21-13)9-16-15(20)19-7-6-11-8-10(2)4-5-12(11)19/h4-5,8H,3,6-7,9H2,1-2H3,(H,16,20). The number of fused-ring (bicyclic) bond motifs is 1. The zero-order valence-corrected chi connectivity index (χ0v) is 13.0.